The molecule has 1 aliphatic rings. The standard InChI is InChI=1S/C18H25N3O3S/c1-4-17(22)19-15-5-7-16(8-6-15)25-21-11-9-20(10-12-21)18(23)24-13-14(2)3/h4-8,14H,1,9-13H2,2-3H3,(H,19,22). The number of nitrogens with zero attached hydrogens (tertiary/aromatic N) is 2. The van der Waals surface area contributed by atoms with E-state index in [1.54, 1.807) is 16.8 Å². The van der Waals surface area contributed by atoms with Gasteiger partial charge < -0.3 is 15.0 Å². The molecule has 1 N–H and O–H groups in total. The molecule has 2 rings (SSSR count). The van der Waals surface area contributed by atoms with Gasteiger partial charge in [0.05, 0.1) is 6.61 Å². The maximum atomic E-state index is 12.0. The number of amides is 2. The van der Waals surface area contributed by atoms with Crippen LogP contribution in [-0.4, -0.2) is 54.0 Å². The summed E-state index contributed by atoms with van der Waals surface area (Å²) in [4.78, 5) is 26.1. The molecule has 25 heavy (non-hydrogen) atoms. The molecule has 1 saturated heterocycles. The van der Waals surface area contributed by atoms with E-state index in [1.807, 2.05) is 38.1 Å². The number of piperazine rings is 1. The lowest BCUT2D eigenvalue weighted by Crippen LogP contribution is -2.46. The van der Waals surface area contributed by atoms with E-state index in [4.69, 9.17) is 4.74 Å². The molecular formula is C18H25N3O3S. The Morgan fingerprint density at radius 2 is 1.88 bits per heavy atom. The van der Waals surface area contributed by atoms with Crippen LogP contribution in [0, 0.1) is 5.92 Å². The van der Waals surface area contributed by atoms with Gasteiger partial charge in [0, 0.05) is 36.8 Å². The van der Waals surface area contributed by atoms with Gasteiger partial charge in [0.1, 0.15) is 0 Å². The van der Waals surface area contributed by atoms with Gasteiger partial charge in [0.15, 0.2) is 0 Å². The number of hydrogen-bond donors (Lipinski definition) is 1. The quantitative estimate of drug-likeness (QED) is 0.621. The van der Waals surface area contributed by atoms with Gasteiger partial charge in [-0.3, -0.25) is 4.79 Å². The lowest BCUT2D eigenvalue weighted by Gasteiger charge is -2.33. The largest absolute Gasteiger partial charge is 0.449 e. The molecule has 1 fully saturated rings. The molecule has 1 aromatic carbocycles. The number of benzene rings is 1. The van der Waals surface area contributed by atoms with Gasteiger partial charge in [-0.05, 0) is 48.2 Å². The third-order valence-corrected chi connectivity index (χ3v) is 4.69. The Morgan fingerprint density at radius 1 is 1.24 bits per heavy atom. The van der Waals surface area contributed by atoms with E-state index in [0.29, 0.717) is 25.6 Å². The molecule has 2 amide bonds. The van der Waals surface area contributed by atoms with Gasteiger partial charge >= 0.3 is 6.09 Å². The highest BCUT2D eigenvalue weighted by Crippen LogP contribution is 2.25. The Kier molecular flexibility index (Phi) is 7.33. The van der Waals surface area contributed by atoms with Gasteiger partial charge in [-0.15, -0.1) is 0 Å². The van der Waals surface area contributed by atoms with Crippen molar-refractivity contribution in [1.82, 2.24) is 9.21 Å². The highest BCUT2D eigenvalue weighted by molar-refractivity contribution is 7.97. The molecule has 0 bridgehead atoms. The normalized spacial score (nSPS) is 15.1. The van der Waals surface area contributed by atoms with Crippen molar-refractivity contribution in [1.29, 1.82) is 0 Å². The van der Waals surface area contributed by atoms with Crippen LogP contribution in [0.2, 0.25) is 0 Å². The van der Waals surface area contributed by atoms with Crippen molar-refractivity contribution in [3.05, 3.63) is 36.9 Å². The second-order valence-corrected chi connectivity index (χ2v) is 7.37. The number of rotatable bonds is 6. The highest BCUT2D eigenvalue weighted by atomic mass is 32.2. The molecule has 0 unspecified atom stereocenters. The van der Waals surface area contributed by atoms with Gasteiger partial charge in [0.25, 0.3) is 0 Å². The molecule has 0 atom stereocenters. The summed E-state index contributed by atoms with van der Waals surface area (Å²) < 4.78 is 7.50. The zero-order chi connectivity index (χ0) is 18.2. The van der Waals surface area contributed by atoms with E-state index in [1.165, 1.54) is 6.08 Å². The molecular weight excluding hydrogens is 338 g/mol. The first-order chi connectivity index (χ1) is 12.0. The topological polar surface area (TPSA) is 61.9 Å². The summed E-state index contributed by atoms with van der Waals surface area (Å²) in [5, 5.41) is 2.72. The monoisotopic (exact) mass is 363 g/mol. The zero-order valence-electron chi connectivity index (χ0n) is 14.7. The molecule has 0 spiro atoms. The molecule has 0 radical (unpaired) electrons. The third kappa shape index (κ3) is 6.43. The van der Waals surface area contributed by atoms with Crippen LogP contribution in [0.15, 0.2) is 41.8 Å². The number of anilines is 1. The van der Waals surface area contributed by atoms with Crippen LogP contribution < -0.4 is 5.32 Å². The Bertz CT molecular complexity index is 596. The Labute approximate surface area is 153 Å². The molecule has 0 aromatic heterocycles. The summed E-state index contributed by atoms with van der Waals surface area (Å²) in [6, 6.07) is 7.66. The summed E-state index contributed by atoms with van der Waals surface area (Å²) in [5.74, 6) is 0.126. The van der Waals surface area contributed by atoms with Crippen LogP contribution in [0.1, 0.15) is 13.8 Å². The zero-order valence-corrected chi connectivity index (χ0v) is 15.6. The first-order valence-electron chi connectivity index (χ1n) is 8.36. The SMILES string of the molecule is C=CC(=O)Nc1ccc(SN2CCN(C(=O)OCC(C)C)CC2)cc1. The van der Waals surface area contributed by atoms with Gasteiger partial charge in [-0.25, -0.2) is 9.10 Å². The van der Waals surface area contributed by atoms with Crippen LogP contribution in [0.25, 0.3) is 0 Å². The Hall–Kier alpha value is -1.99. The lowest BCUT2D eigenvalue weighted by molar-refractivity contribution is -0.111. The predicted octanol–water partition coefficient (Wildman–Crippen LogP) is 3.23. The summed E-state index contributed by atoms with van der Waals surface area (Å²) in [6.45, 7) is 10.8. The maximum absolute atomic E-state index is 12.0. The maximum Gasteiger partial charge on any atom is 0.409 e. The van der Waals surface area contributed by atoms with Crippen LogP contribution in [0.5, 0.6) is 0 Å². The molecule has 1 aliphatic heterocycles. The smallest absolute Gasteiger partial charge is 0.409 e. The van der Waals surface area contributed by atoms with Gasteiger partial charge in [0.2, 0.25) is 5.91 Å². The van der Waals surface area contributed by atoms with Crippen LogP contribution in [-0.2, 0) is 9.53 Å². The van der Waals surface area contributed by atoms with Crippen LogP contribution >= 0.6 is 11.9 Å². The number of carbonyl (C=O) groups excluding carboxylic acids is 2. The number of hydrogen-bond acceptors (Lipinski definition) is 5. The average molecular weight is 363 g/mol. The van der Waals surface area contributed by atoms with Crippen molar-refractivity contribution in [2.75, 3.05) is 38.1 Å². The number of ether oxygens (including phenoxy) is 1. The first kappa shape index (κ1) is 19.3. The molecule has 0 aliphatic carbocycles. The molecule has 0 saturated carbocycles. The van der Waals surface area contributed by atoms with Crippen LogP contribution in [0.3, 0.4) is 0 Å². The van der Waals surface area contributed by atoms with E-state index in [0.717, 1.165) is 23.7 Å². The van der Waals surface area contributed by atoms with E-state index >= 15 is 0 Å². The number of nitrogens with one attached hydrogen (secondary N) is 1. The van der Waals surface area contributed by atoms with Gasteiger partial charge in [-0.2, -0.15) is 0 Å². The van der Waals surface area contributed by atoms with E-state index in [2.05, 4.69) is 16.2 Å². The van der Waals surface area contributed by atoms with E-state index in [9.17, 15) is 9.59 Å². The Balaban J connectivity index is 1.77. The third-order valence-electron chi connectivity index (χ3n) is 3.58. The second kappa shape index (κ2) is 9.48. The van der Waals surface area contributed by atoms with Crippen LogP contribution in [0.4, 0.5) is 10.5 Å². The van der Waals surface area contributed by atoms with Crippen molar-refractivity contribution >= 4 is 29.6 Å². The van der Waals surface area contributed by atoms with Crippen molar-refractivity contribution < 1.29 is 14.3 Å². The average Bonchev–Trinajstić information content (AvgIpc) is 2.61. The highest BCUT2D eigenvalue weighted by Gasteiger charge is 2.22. The molecule has 1 aromatic rings. The summed E-state index contributed by atoms with van der Waals surface area (Å²) in [7, 11) is 0. The summed E-state index contributed by atoms with van der Waals surface area (Å²) in [6.07, 6.45) is 1.02. The van der Waals surface area contributed by atoms with Gasteiger partial charge in [-0.1, -0.05) is 20.4 Å². The minimum Gasteiger partial charge on any atom is -0.449 e. The van der Waals surface area contributed by atoms with Crippen molar-refractivity contribution in [2.24, 2.45) is 5.92 Å². The summed E-state index contributed by atoms with van der Waals surface area (Å²) in [5.41, 5.74) is 0.743. The summed E-state index contributed by atoms with van der Waals surface area (Å²) >= 11 is 1.65. The van der Waals surface area contributed by atoms with Crippen molar-refractivity contribution in [2.45, 2.75) is 18.7 Å². The lowest BCUT2D eigenvalue weighted by atomic mass is 10.2. The second-order valence-electron chi connectivity index (χ2n) is 6.20. The van der Waals surface area contributed by atoms with E-state index < -0.39 is 0 Å². The van der Waals surface area contributed by atoms with Crippen molar-refractivity contribution in [3.63, 3.8) is 0 Å². The Morgan fingerprint density at radius 3 is 2.44 bits per heavy atom. The molecule has 1 heterocycles. The molecule has 7 heteroatoms. The fourth-order valence-electron chi connectivity index (χ4n) is 2.23. The first-order valence-corrected chi connectivity index (χ1v) is 9.13. The predicted molar refractivity (Wildman–Crippen MR) is 100 cm³/mol. The fraction of sp³-hybridized carbons (Fsp3) is 0.444. The number of carbonyl (C=O) groups is 2. The molecule has 136 valence electrons. The van der Waals surface area contributed by atoms with E-state index in [-0.39, 0.29) is 12.0 Å². The molecule has 6 nitrogen and oxygen atoms in total. The minimum absolute atomic E-state index is 0.221. The van der Waals surface area contributed by atoms with Crippen molar-refractivity contribution in [3.8, 4) is 0 Å². The minimum atomic E-state index is -0.222. The fourth-order valence-corrected chi connectivity index (χ4v) is 3.13.